The highest BCUT2D eigenvalue weighted by Crippen LogP contribution is 2.49. The summed E-state index contributed by atoms with van der Waals surface area (Å²) in [5.41, 5.74) is 7.45. The Kier molecular flexibility index (Phi) is 16.7. The highest BCUT2D eigenvalue weighted by Gasteiger charge is 2.47. The van der Waals surface area contributed by atoms with Gasteiger partial charge in [0.1, 0.15) is 0 Å². The van der Waals surface area contributed by atoms with Crippen molar-refractivity contribution in [1.29, 1.82) is 0 Å². The smallest absolute Gasteiger partial charge is 0.309 e. The second-order valence-electron chi connectivity index (χ2n) is 12.4. The van der Waals surface area contributed by atoms with E-state index in [1.54, 1.807) is 6.92 Å². The fourth-order valence-corrected chi connectivity index (χ4v) is 7.36. The van der Waals surface area contributed by atoms with Gasteiger partial charge in [-0.25, -0.2) is 0 Å². The van der Waals surface area contributed by atoms with Crippen molar-refractivity contribution in [3.63, 3.8) is 0 Å². The number of hydrogen-bond acceptors (Lipinski definition) is 3. The van der Waals surface area contributed by atoms with Crippen LogP contribution in [0.1, 0.15) is 116 Å². The Labute approximate surface area is 239 Å². The molecule has 0 saturated heterocycles. The summed E-state index contributed by atoms with van der Waals surface area (Å²) >= 11 is 0. The molecule has 4 heteroatoms. The van der Waals surface area contributed by atoms with Gasteiger partial charge in [-0.1, -0.05) is 101 Å². The zero-order valence-corrected chi connectivity index (χ0v) is 25.3. The average molecular weight is 542 g/mol. The van der Waals surface area contributed by atoms with Crippen molar-refractivity contribution in [3.05, 3.63) is 48.0 Å². The topological polar surface area (TPSA) is 83.5 Å². The Balaban J connectivity index is 2.23. The van der Waals surface area contributed by atoms with Crippen LogP contribution in [0.2, 0.25) is 0 Å². The standard InChI is InChI=1S/C35H59NO3/c1-4-6-8-9-10-11-14-18-28(17-13-7-5-2)25-30-21-22-31(26-29-19-15-12-16-20-29)34(32(30)23-24-36)33(27(3)37)35(38)39/h11-12,14-16,19-20,27-28,30-34,37H,4-10,13,17-18,21-26,36H2,1-3H3,(H,38,39)/b14-11-/t27-,28-,30+,31-,32-,33+,34-/m0/s1. The van der Waals surface area contributed by atoms with E-state index in [1.807, 2.05) is 6.07 Å². The van der Waals surface area contributed by atoms with Gasteiger partial charge in [0.2, 0.25) is 0 Å². The summed E-state index contributed by atoms with van der Waals surface area (Å²) in [7, 11) is 0. The summed E-state index contributed by atoms with van der Waals surface area (Å²) in [5, 5.41) is 21.0. The molecule has 39 heavy (non-hydrogen) atoms. The first-order valence-electron chi connectivity index (χ1n) is 16.2. The Morgan fingerprint density at radius 1 is 1.00 bits per heavy atom. The first-order chi connectivity index (χ1) is 18.9. The molecule has 1 aromatic carbocycles. The number of rotatable bonds is 20. The van der Waals surface area contributed by atoms with E-state index in [-0.39, 0.29) is 17.8 Å². The van der Waals surface area contributed by atoms with Crippen molar-refractivity contribution in [1.82, 2.24) is 0 Å². The van der Waals surface area contributed by atoms with Crippen molar-refractivity contribution in [2.24, 2.45) is 41.2 Å². The number of aliphatic hydroxyl groups is 1. The molecule has 0 amide bonds. The summed E-state index contributed by atoms with van der Waals surface area (Å²) in [6.45, 7) is 6.76. The summed E-state index contributed by atoms with van der Waals surface area (Å²) in [5.74, 6) is -0.0841. The molecule has 0 aromatic heterocycles. The molecule has 0 unspecified atom stereocenters. The van der Waals surface area contributed by atoms with Crippen molar-refractivity contribution in [3.8, 4) is 0 Å². The quantitative estimate of drug-likeness (QED) is 0.114. The molecule has 7 atom stereocenters. The van der Waals surface area contributed by atoms with Crippen LogP contribution in [0, 0.1) is 35.5 Å². The number of unbranched alkanes of at least 4 members (excludes halogenated alkanes) is 6. The summed E-state index contributed by atoms with van der Waals surface area (Å²) in [6, 6.07) is 10.5. The summed E-state index contributed by atoms with van der Waals surface area (Å²) in [6.07, 6.45) is 21.5. The van der Waals surface area contributed by atoms with Gasteiger partial charge in [0.25, 0.3) is 0 Å². The number of carbonyl (C=O) groups is 1. The molecule has 1 fully saturated rings. The van der Waals surface area contributed by atoms with Gasteiger partial charge in [0.05, 0.1) is 12.0 Å². The van der Waals surface area contributed by atoms with Crippen LogP contribution in [0.3, 0.4) is 0 Å². The zero-order valence-electron chi connectivity index (χ0n) is 25.3. The Hall–Kier alpha value is -1.65. The minimum absolute atomic E-state index is 0.0598. The fourth-order valence-electron chi connectivity index (χ4n) is 7.36. The van der Waals surface area contributed by atoms with Gasteiger partial charge in [0.15, 0.2) is 0 Å². The molecule has 0 spiro atoms. The minimum Gasteiger partial charge on any atom is -0.481 e. The lowest BCUT2D eigenvalue weighted by Gasteiger charge is -2.47. The molecule has 222 valence electrons. The number of allylic oxidation sites excluding steroid dienone is 2. The third-order valence-electron chi connectivity index (χ3n) is 9.33. The minimum atomic E-state index is -0.874. The zero-order chi connectivity index (χ0) is 28.5. The lowest BCUT2D eigenvalue weighted by atomic mass is 9.57. The van der Waals surface area contributed by atoms with Crippen molar-refractivity contribution >= 4 is 5.97 Å². The van der Waals surface area contributed by atoms with E-state index in [0.717, 1.165) is 38.5 Å². The van der Waals surface area contributed by atoms with E-state index in [1.165, 1.54) is 63.4 Å². The largest absolute Gasteiger partial charge is 0.481 e. The Morgan fingerprint density at radius 3 is 2.33 bits per heavy atom. The number of carboxylic acid groups (broad SMARTS) is 1. The number of hydrogen-bond donors (Lipinski definition) is 3. The van der Waals surface area contributed by atoms with Crippen LogP contribution >= 0.6 is 0 Å². The van der Waals surface area contributed by atoms with E-state index in [9.17, 15) is 15.0 Å². The molecular formula is C35H59NO3. The van der Waals surface area contributed by atoms with Gasteiger partial charge in [-0.2, -0.15) is 0 Å². The van der Waals surface area contributed by atoms with Crippen LogP contribution in [-0.2, 0) is 11.2 Å². The average Bonchev–Trinajstić information content (AvgIpc) is 2.91. The van der Waals surface area contributed by atoms with Gasteiger partial charge in [-0.3, -0.25) is 4.79 Å². The van der Waals surface area contributed by atoms with Crippen LogP contribution in [0.25, 0.3) is 0 Å². The van der Waals surface area contributed by atoms with Crippen molar-refractivity contribution in [2.45, 2.75) is 123 Å². The second kappa shape index (κ2) is 19.4. The van der Waals surface area contributed by atoms with Gasteiger partial charge >= 0.3 is 5.97 Å². The van der Waals surface area contributed by atoms with Gasteiger partial charge < -0.3 is 15.9 Å². The molecule has 1 saturated carbocycles. The van der Waals surface area contributed by atoms with E-state index in [2.05, 4.69) is 50.3 Å². The molecule has 1 aromatic rings. The summed E-state index contributed by atoms with van der Waals surface area (Å²) in [4.78, 5) is 12.6. The molecule has 1 aliphatic carbocycles. The van der Waals surface area contributed by atoms with E-state index < -0.39 is 18.0 Å². The Bertz CT molecular complexity index is 792. The third-order valence-corrected chi connectivity index (χ3v) is 9.33. The second-order valence-corrected chi connectivity index (χ2v) is 12.4. The van der Waals surface area contributed by atoms with Crippen LogP contribution in [-0.4, -0.2) is 28.8 Å². The van der Waals surface area contributed by atoms with E-state index >= 15 is 0 Å². The first kappa shape index (κ1) is 33.6. The van der Waals surface area contributed by atoms with Gasteiger partial charge in [0, 0.05) is 0 Å². The molecule has 0 bridgehead atoms. The number of aliphatic hydroxyl groups excluding tert-OH is 1. The normalized spacial score (nSPS) is 24.0. The number of benzene rings is 1. The molecule has 0 aliphatic heterocycles. The van der Waals surface area contributed by atoms with Crippen molar-refractivity contribution < 1.29 is 15.0 Å². The lowest BCUT2D eigenvalue weighted by Crippen LogP contribution is -2.47. The van der Waals surface area contributed by atoms with Crippen LogP contribution in [0.5, 0.6) is 0 Å². The maximum absolute atomic E-state index is 12.6. The predicted molar refractivity (Wildman–Crippen MR) is 165 cm³/mol. The number of aliphatic carboxylic acids is 1. The summed E-state index contributed by atoms with van der Waals surface area (Å²) < 4.78 is 0. The SMILES string of the molecule is CCCCCC/C=C\C[C@H](CCCCC)C[C@H]1CC[C@@H](Cc2ccccc2)[C@H]([C@H](C(=O)O)[C@H](C)O)[C@H]1CCN. The maximum atomic E-state index is 12.6. The number of carboxylic acids is 1. The highest BCUT2D eigenvalue weighted by atomic mass is 16.4. The monoisotopic (exact) mass is 541 g/mol. The predicted octanol–water partition coefficient (Wildman–Crippen LogP) is 8.42. The van der Waals surface area contributed by atoms with Crippen LogP contribution < -0.4 is 5.73 Å². The van der Waals surface area contributed by atoms with E-state index in [0.29, 0.717) is 18.4 Å². The van der Waals surface area contributed by atoms with Gasteiger partial charge in [-0.05, 0) is 100.0 Å². The van der Waals surface area contributed by atoms with Crippen LogP contribution in [0.15, 0.2) is 42.5 Å². The molecule has 0 heterocycles. The first-order valence-corrected chi connectivity index (χ1v) is 16.2. The molecule has 1 aliphatic rings. The lowest BCUT2D eigenvalue weighted by molar-refractivity contribution is -0.153. The van der Waals surface area contributed by atoms with Gasteiger partial charge in [-0.15, -0.1) is 0 Å². The molecule has 2 rings (SSSR count). The maximum Gasteiger partial charge on any atom is 0.309 e. The molecule has 4 nitrogen and oxygen atoms in total. The molecular weight excluding hydrogens is 482 g/mol. The highest BCUT2D eigenvalue weighted by molar-refractivity contribution is 5.71. The Morgan fingerprint density at radius 2 is 1.69 bits per heavy atom. The molecule has 0 radical (unpaired) electrons. The third kappa shape index (κ3) is 11.8. The number of nitrogens with two attached hydrogens (primary N) is 1. The van der Waals surface area contributed by atoms with Crippen molar-refractivity contribution in [2.75, 3.05) is 6.54 Å². The van der Waals surface area contributed by atoms with Crippen LogP contribution in [0.4, 0.5) is 0 Å². The van der Waals surface area contributed by atoms with E-state index in [4.69, 9.17) is 5.73 Å². The molecule has 4 N–H and O–H groups in total. The fraction of sp³-hybridized carbons (Fsp3) is 0.743.